The molecule has 48 heavy (non-hydrogen) atoms. The van der Waals surface area contributed by atoms with E-state index in [0.717, 1.165) is 12.8 Å². The van der Waals surface area contributed by atoms with Crippen LogP contribution >= 0.6 is 0 Å². The summed E-state index contributed by atoms with van der Waals surface area (Å²) in [6, 6.07) is 8.68. The van der Waals surface area contributed by atoms with Crippen LogP contribution in [-0.2, 0) is 9.47 Å². The van der Waals surface area contributed by atoms with Gasteiger partial charge in [0.2, 0.25) is 11.8 Å². The zero-order valence-electron chi connectivity index (χ0n) is 26.6. The molecule has 1 aliphatic carbocycles. The topological polar surface area (TPSA) is 127 Å². The first-order valence-corrected chi connectivity index (χ1v) is 15.7. The Hall–Kier alpha value is -4.63. The van der Waals surface area contributed by atoms with Crippen molar-refractivity contribution in [3.8, 4) is 22.9 Å². The molecule has 2 saturated heterocycles. The number of aromatic nitrogens is 2. The SMILES string of the molecule is COCCN1CC(C)(C)Oc2nc(N3CC4OC5CCC54C3)nc(-c3ccc(NC(=O)Nc4cccc(OC(F)F)c4)c(F)c3)c2C1=O. The lowest BCUT2D eigenvalue weighted by Gasteiger charge is -2.59. The Balaban J connectivity index is 1.21. The first-order valence-electron chi connectivity index (χ1n) is 15.7. The van der Waals surface area contributed by atoms with Gasteiger partial charge in [0.15, 0.2) is 0 Å². The van der Waals surface area contributed by atoms with Crippen molar-refractivity contribution in [3.63, 3.8) is 0 Å². The molecule has 3 amide bonds. The Morgan fingerprint density at radius 3 is 2.65 bits per heavy atom. The molecule has 0 bridgehead atoms. The van der Waals surface area contributed by atoms with E-state index in [-0.39, 0.29) is 69.9 Å². The van der Waals surface area contributed by atoms with Crippen molar-refractivity contribution in [2.45, 2.75) is 51.1 Å². The van der Waals surface area contributed by atoms with E-state index >= 15 is 4.39 Å². The molecule has 3 aromatic rings. The highest BCUT2D eigenvalue weighted by molar-refractivity contribution is 6.03. The molecule has 15 heteroatoms. The summed E-state index contributed by atoms with van der Waals surface area (Å²) in [4.78, 5) is 40.1. The number of fused-ring (bicyclic) bond motifs is 1. The van der Waals surface area contributed by atoms with Gasteiger partial charge in [0.05, 0.1) is 36.7 Å². The van der Waals surface area contributed by atoms with Gasteiger partial charge in [-0.3, -0.25) is 4.79 Å². The molecular weight excluding hydrogens is 633 g/mol. The van der Waals surface area contributed by atoms with Gasteiger partial charge in [-0.15, -0.1) is 0 Å². The molecule has 3 fully saturated rings. The van der Waals surface area contributed by atoms with Crippen LogP contribution in [0.3, 0.4) is 0 Å². The number of hydrogen-bond donors (Lipinski definition) is 2. The number of nitrogens with one attached hydrogen (secondary N) is 2. The minimum Gasteiger partial charge on any atom is -0.469 e. The van der Waals surface area contributed by atoms with E-state index in [4.69, 9.17) is 24.2 Å². The average Bonchev–Trinajstić information content (AvgIpc) is 3.35. The van der Waals surface area contributed by atoms with Gasteiger partial charge in [-0.05, 0) is 51.0 Å². The fraction of sp³-hybridized carbons (Fsp3) is 0.455. The zero-order chi connectivity index (χ0) is 33.8. The Morgan fingerprint density at radius 1 is 1.12 bits per heavy atom. The van der Waals surface area contributed by atoms with Gasteiger partial charge in [0.1, 0.15) is 22.7 Å². The van der Waals surface area contributed by atoms with Gasteiger partial charge in [-0.2, -0.15) is 13.8 Å². The quantitative estimate of drug-likeness (QED) is 0.318. The average molecular weight is 669 g/mol. The van der Waals surface area contributed by atoms with Crippen molar-refractivity contribution in [2.75, 3.05) is 55.4 Å². The Labute approximate surface area is 274 Å². The van der Waals surface area contributed by atoms with Crippen molar-refractivity contribution >= 4 is 29.3 Å². The normalized spacial score (nSPS) is 23.6. The fourth-order valence-corrected chi connectivity index (χ4v) is 6.96. The third-order valence-electron chi connectivity index (χ3n) is 9.32. The smallest absolute Gasteiger partial charge is 0.387 e. The Kier molecular flexibility index (Phi) is 8.06. The van der Waals surface area contributed by atoms with Crippen molar-refractivity contribution in [3.05, 3.63) is 53.8 Å². The maximum Gasteiger partial charge on any atom is 0.387 e. The fourth-order valence-electron chi connectivity index (χ4n) is 6.96. The number of carbonyl (C=O) groups excluding carboxylic acids is 2. The largest absolute Gasteiger partial charge is 0.469 e. The van der Waals surface area contributed by atoms with E-state index in [2.05, 4.69) is 15.4 Å². The van der Waals surface area contributed by atoms with Gasteiger partial charge in [0, 0.05) is 49.5 Å². The van der Waals surface area contributed by atoms with E-state index < -0.39 is 24.1 Å². The van der Waals surface area contributed by atoms with E-state index in [0.29, 0.717) is 32.2 Å². The molecule has 7 rings (SSSR count). The summed E-state index contributed by atoms with van der Waals surface area (Å²) in [5, 5.41) is 4.89. The predicted octanol–water partition coefficient (Wildman–Crippen LogP) is 5.16. The van der Waals surface area contributed by atoms with E-state index in [1.54, 1.807) is 18.1 Å². The highest BCUT2D eigenvalue weighted by Gasteiger charge is 2.66. The summed E-state index contributed by atoms with van der Waals surface area (Å²) in [6.07, 6.45) is 2.41. The van der Waals surface area contributed by atoms with Crippen molar-refractivity contribution in [1.29, 1.82) is 0 Å². The van der Waals surface area contributed by atoms with Crippen LogP contribution in [0.2, 0.25) is 0 Å². The van der Waals surface area contributed by atoms with Crippen LogP contribution in [0.25, 0.3) is 11.3 Å². The minimum atomic E-state index is -3.03. The third-order valence-corrected chi connectivity index (χ3v) is 9.32. The number of carbonyl (C=O) groups is 2. The molecule has 3 aliphatic heterocycles. The predicted molar refractivity (Wildman–Crippen MR) is 168 cm³/mol. The molecule has 1 aromatic heterocycles. The number of methoxy groups -OCH3 is 1. The third kappa shape index (κ3) is 5.85. The summed E-state index contributed by atoms with van der Waals surface area (Å²) in [7, 11) is 1.55. The highest BCUT2D eigenvalue weighted by atomic mass is 19.3. The molecule has 2 N–H and O–H groups in total. The number of amides is 3. The standard InChI is InChI=1S/C33H35F3N6O6/c1-32(2)16-41(11-12-45-3)28(43)25-26(39-30(40-27(25)48-32)42-15-24-33(17-42)10-9-23(33)47-24)18-7-8-22(21(34)13-18)38-31(44)37-19-5-4-6-20(14-19)46-29(35)36/h4-8,13-14,23-24,29H,9-12,15-17H2,1-3H3,(H2,37,38,44). The molecule has 254 valence electrons. The summed E-state index contributed by atoms with van der Waals surface area (Å²) in [5.41, 5.74) is -0.162. The van der Waals surface area contributed by atoms with Crippen LogP contribution in [0.4, 0.5) is 35.3 Å². The molecule has 2 aromatic carbocycles. The van der Waals surface area contributed by atoms with Crippen LogP contribution in [0.5, 0.6) is 11.6 Å². The summed E-state index contributed by atoms with van der Waals surface area (Å²) in [6.45, 7) is 2.85. The van der Waals surface area contributed by atoms with Crippen LogP contribution in [-0.4, -0.2) is 91.1 Å². The molecule has 4 aliphatic rings. The molecule has 12 nitrogen and oxygen atoms in total. The second-order valence-corrected chi connectivity index (χ2v) is 13.1. The molecule has 1 spiro atoms. The highest BCUT2D eigenvalue weighted by Crippen LogP contribution is 2.59. The number of hydrogen-bond acceptors (Lipinski definition) is 9. The molecule has 3 unspecified atom stereocenters. The van der Waals surface area contributed by atoms with E-state index in [1.807, 2.05) is 18.7 Å². The Bertz CT molecular complexity index is 1760. The number of nitrogens with zero attached hydrogens (tertiary/aromatic N) is 4. The summed E-state index contributed by atoms with van der Waals surface area (Å²) >= 11 is 0. The lowest BCUT2D eigenvalue weighted by atomic mass is 9.60. The van der Waals surface area contributed by atoms with Gasteiger partial charge in [0.25, 0.3) is 5.91 Å². The van der Waals surface area contributed by atoms with Crippen molar-refractivity contribution < 1.29 is 41.7 Å². The monoisotopic (exact) mass is 668 g/mol. The van der Waals surface area contributed by atoms with Gasteiger partial charge >= 0.3 is 12.6 Å². The van der Waals surface area contributed by atoms with E-state index in [9.17, 15) is 18.4 Å². The maximum atomic E-state index is 15.7. The van der Waals surface area contributed by atoms with Crippen LogP contribution < -0.4 is 25.0 Å². The van der Waals surface area contributed by atoms with E-state index in [1.165, 1.54) is 36.4 Å². The molecule has 3 atom stereocenters. The molecule has 0 radical (unpaired) electrons. The zero-order valence-corrected chi connectivity index (χ0v) is 26.6. The second kappa shape index (κ2) is 12.1. The number of benzene rings is 2. The lowest BCUT2D eigenvalue weighted by molar-refractivity contribution is -0.279. The first kappa shape index (κ1) is 31.9. The lowest BCUT2D eigenvalue weighted by Crippen LogP contribution is -2.65. The number of ether oxygens (including phenoxy) is 4. The Morgan fingerprint density at radius 2 is 1.96 bits per heavy atom. The van der Waals surface area contributed by atoms with Crippen LogP contribution in [0, 0.1) is 11.2 Å². The molecular formula is C33H35F3N6O6. The summed E-state index contributed by atoms with van der Waals surface area (Å²) in [5.74, 6) is -0.861. The maximum absolute atomic E-state index is 15.7. The van der Waals surface area contributed by atoms with Gasteiger partial charge in [-0.1, -0.05) is 12.1 Å². The second-order valence-electron chi connectivity index (χ2n) is 13.1. The molecule has 1 saturated carbocycles. The number of rotatable bonds is 9. The number of anilines is 3. The minimum absolute atomic E-state index is 0.0823. The first-order chi connectivity index (χ1) is 22.9. The summed E-state index contributed by atoms with van der Waals surface area (Å²) < 4.78 is 62.9. The molecule has 4 heterocycles. The van der Waals surface area contributed by atoms with Crippen molar-refractivity contribution in [1.82, 2.24) is 14.9 Å². The van der Waals surface area contributed by atoms with Gasteiger partial charge in [-0.25, -0.2) is 14.2 Å². The van der Waals surface area contributed by atoms with Crippen LogP contribution in [0.1, 0.15) is 37.0 Å². The van der Waals surface area contributed by atoms with Gasteiger partial charge < -0.3 is 39.4 Å². The van der Waals surface area contributed by atoms with Crippen molar-refractivity contribution in [2.24, 2.45) is 5.41 Å². The number of alkyl halides is 2. The number of urea groups is 1. The number of halogens is 3. The van der Waals surface area contributed by atoms with Crippen LogP contribution in [0.15, 0.2) is 42.5 Å².